The lowest BCUT2D eigenvalue weighted by atomic mass is 9.89. The monoisotopic (exact) mass is 160 g/mol. The molecule has 3 heteroatoms. The Morgan fingerprint density at radius 2 is 1.91 bits per heavy atom. The summed E-state index contributed by atoms with van der Waals surface area (Å²) in [5, 5.41) is 17.5. The zero-order valence-electron chi connectivity index (χ0n) is 7.24. The Hall–Kier alpha value is -0.570. The maximum atomic E-state index is 10.3. The lowest BCUT2D eigenvalue weighted by molar-refractivity contribution is -0.150. The normalized spacial score (nSPS) is 18.9. The Bertz CT molecular complexity index is 133. The average molecular weight is 160 g/mol. The number of rotatable bonds is 4. The Labute approximate surface area is 67.0 Å². The molecule has 0 aromatic carbocycles. The maximum absolute atomic E-state index is 10.3. The third-order valence-corrected chi connectivity index (χ3v) is 2.29. The molecule has 0 aliphatic carbocycles. The van der Waals surface area contributed by atoms with E-state index in [1.807, 2.05) is 13.8 Å². The van der Waals surface area contributed by atoms with Crippen LogP contribution in [0.15, 0.2) is 0 Å². The Balaban J connectivity index is 4.00. The van der Waals surface area contributed by atoms with Gasteiger partial charge in [0.2, 0.25) is 0 Å². The van der Waals surface area contributed by atoms with Crippen LogP contribution in [0, 0.1) is 11.8 Å². The molecule has 0 saturated heterocycles. The molecular formula is C8H16O3. The molecule has 0 spiro atoms. The van der Waals surface area contributed by atoms with Gasteiger partial charge in [-0.1, -0.05) is 27.2 Å². The second kappa shape index (κ2) is 4.34. The van der Waals surface area contributed by atoms with E-state index in [4.69, 9.17) is 10.2 Å². The highest BCUT2D eigenvalue weighted by molar-refractivity contribution is 5.72. The SMILES string of the molecule is CCC(C)C(C)C(O)C(=O)O. The molecule has 0 bridgehead atoms. The van der Waals surface area contributed by atoms with E-state index in [-0.39, 0.29) is 11.8 Å². The first-order valence-electron chi connectivity index (χ1n) is 3.91. The van der Waals surface area contributed by atoms with Gasteiger partial charge in [-0.05, 0) is 11.8 Å². The van der Waals surface area contributed by atoms with E-state index in [0.717, 1.165) is 6.42 Å². The van der Waals surface area contributed by atoms with Crippen molar-refractivity contribution in [1.29, 1.82) is 0 Å². The summed E-state index contributed by atoms with van der Waals surface area (Å²) < 4.78 is 0. The van der Waals surface area contributed by atoms with Gasteiger partial charge in [0.1, 0.15) is 0 Å². The quantitative estimate of drug-likeness (QED) is 0.647. The van der Waals surface area contributed by atoms with E-state index in [0.29, 0.717) is 0 Å². The van der Waals surface area contributed by atoms with Crippen LogP contribution in [0.2, 0.25) is 0 Å². The van der Waals surface area contributed by atoms with Crippen LogP contribution in [0.5, 0.6) is 0 Å². The molecule has 0 aromatic heterocycles. The molecule has 0 radical (unpaired) electrons. The van der Waals surface area contributed by atoms with Crippen LogP contribution in [0.25, 0.3) is 0 Å². The zero-order valence-corrected chi connectivity index (χ0v) is 7.24. The fourth-order valence-electron chi connectivity index (χ4n) is 0.908. The maximum Gasteiger partial charge on any atom is 0.332 e. The lowest BCUT2D eigenvalue weighted by Gasteiger charge is -2.20. The molecule has 11 heavy (non-hydrogen) atoms. The van der Waals surface area contributed by atoms with Gasteiger partial charge in [-0.25, -0.2) is 4.79 Å². The molecule has 0 aliphatic rings. The second-order valence-electron chi connectivity index (χ2n) is 3.03. The fraction of sp³-hybridized carbons (Fsp3) is 0.875. The van der Waals surface area contributed by atoms with Gasteiger partial charge in [-0.2, -0.15) is 0 Å². The smallest absolute Gasteiger partial charge is 0.332 e. The predicted molar refractivity (Wildman–Crippen MR) is 42.3 cm³/mol. The molecule has 3 nitrogen and oxygen atoms in total. The summed E-state index contributed by atoms with van der Waals surface area (Å²) in [6.45, 7) is 5.68. The standard InChI is InChI=1S/C8H16O3/c1-4-5(2)6(3)7(9)8(10)11/h5-7,9H,4H2,1-3H3,(H,10,11). The number of carbonyl (C=O) groups is 1. The van der Waals surface area contributed by atoms with Gasteiger partial charge in [0.05, 0.1) is 0 Å². The lowest BCUT2D eigenvalue weighted by Crippen LogP contribution is -2.31. The number of carboxylic acid groups (broad SMARTS) is 1. The van der Waals surface area contributed by atoms with Crippen molar-refractivity contribution in [2.24, 2.45) is 11.8 Å². The van der Waals surface area contributed by atoms with E-state index in [1.54, 1.807) is 6.92 Å². The molecule has 0 rings (SSSR count). The van der Waals surface area contributed by atoms with Crippen LogP contribution in [-0.4, -0.2) is 22.3 Å². The molecular weight excluding hydrogens is 144 g/mol. The van der Waals surface area contributed by atoms with Gasteiger partial charge >= 0.3 is 5.97 Å². The summed E-state index contributed by atoms with van der Waals surface area (Å²) in [7, 11) is 0. The highest BCUT2D eigenvalue weighted by Crippen LogP contribution is 2.18. The minimum Gasteiger partial charge on any atom is -0.479 e. The Morgan fingerprint density at radius 1 is 1.45 bits per heavy atom. The topological polar surface area (TPSA) is 57.5 Å². The van der Waals surface area contributed by atoms with Crippen molar-refractivity contribution in [1.82, 2.24) is 0 Å². The van der Waals surface area contributed by atoms with Gasteiger partial charge in [0, 0.05) is 0 Å². The summed E-state index contributed by atoms with van der Waals surface area (Å²) in [5.74, 6) is -1.04. The Morgan fingerprint density at radius 3 is 2.18 bits per heavy atom. The zero-order chi connectivity index (χ0) is 9.02. The number of aliphatic hydroxyl groups excluding tert-OH is 1. The van der Waals surface area contributed by atoms with E-state index >= 15 is 0 Å². The first-order chi connectivity index (χ1) is 5.00. The van der Waals surface area contributed by atoms with Gasteiger partial charge < -0.3 is 10.2 Å². The molecule has 2 N–H and O–H groups in total. The van der Waals surface area contributed by atoms with Gasteiger partial charge in [0.25, 0.3) is 0 Å². The molecule has 0 aliphatic heterocycles. The number of hydrogen-bond acceptors (Lipinski definition) is 2. The van der Waals surface area contributed by atoms with Crippen LogP contribution in [-0.2, 0) is 4.79 Å². The summed E-state index contributed by atoms with van der Waals surface area (Å²) in [6.07, 6.45) is -0.323. The third kappa shape index (κ3) is 2.89. The minimum absolute atomic E-state index is 0.169. The van der Waals surface area contributed by atoms with Crippen LogP contribution in [0.4, 0.5) is 0 Å². The molecule has 0 saturated carbocycles. The number of hydrogen-bond donors (Lipinski definition) is 2. The van der Waals surface area contributed by atoms with Gasteiger partial charge in [-0.3, -0.25) is 0 Å². The van der Waals surface area contributed by atoms with E-state index < -0.39 is 12.1 Å². The number of carboxylic acids is 1. The first kappa shape index (κ1) is 10.4. The molecule has 0 amide bonds. The molecule has 66 valence electrons. The first-order valence-corrected chi connectivity index (χ1v) is 3.91. The summed E-state index contributed by atoms with van der Waals surface area (Å²) in [4.78, 5) is 10.3. The molecule has 0 heterocycles. The van der Waals surface area contributed by atoms with Crippen LogP contribution >= 0.6 is 0 Å². The van der Waals surface area contributed by atoms with Crippen LogP contribution in [0.3, 0.4) is 0 Å². The Kier molecular flexibility index (Phi) is 4.11. The van der Waals surface area contributed by atoms with Crippen LogP contribution < -0.4 is 0 Å². The van der Waals surface area contributed by atoms with Crippen molar-refractivity contribution in [3.05, 3.63) is 0 Å². The summed E-state index contributed by atoms with van der Waals surface area (Å²) in [5.41, 5.74) is 0. The largest absolute Gasteiger partial charge is 0.479 e. The second-order valence-corrected chi connectivity index (χ2v) is 3.03. The predicted octanol–water partition coefficient (Wildman–Crippen LogP) is 1.11. The van der Waals surface area contributed by atoms with Crippen molar-refractivity contribution in [2.45, 2.75) is 33.3 Å². The summed E-state index contributed by atoms with van der Waals surface area (Å²) in [6, 6.07) is 0. The van der Waals surface area contributed by atoms with Gasteiger partial charge in [-0.15, -0.1) is 0 Å². The molecule has 0 aromatic rings. The molecule has 3 atom stereocenters. The third-order valence-electron chi connectivity index (χ3n) is 2.29. The van der Waals surface area contributed by atoms with Crippen molar-refractivity contribution in [3.8, 4) is 0 Å². The van der Waals surface area contributed by atoms with Gasteiger partial charge in [0.15, 0.2) is 6.10 Å². The fourth-order valence-corrected chi connectivity index (χ4v) is 0.908. The van der Waals surface area contributed by atoms with Crippen molar-refractivity contribution < 1.29 is 15.0 Å². The van der Waals surface area contributed by atoms with Crippen LogP contribution in [0.1, 0.15) is 27.2 Å². The van der Waals surface area contributed by atoms with Crippen molar-refractivity contribution in [3.63, 3.8) is 0 Å². The van der Waals surface area contributed by atoms with Crippen molar-refractivity contribution >= 4 is 5.97 Å². The highest BCUT2D eigenvalue weighted by Gasteiger charge is 2.25. The number of aliphatic hydroxyl groups is 1. The minimum atomic E-state index is -1.22. The summed E-state index contributed by atoms with van der Waals surface area (Å²) >= 11 is 0. The van der Waals surface area contributed by atoms with E-state index in [9.17, 15) is 4.79 Å². The van der Waals surface area contributed by atoms with E-state index in [1.165, 1.54) is 0 Å². The van der Waals surface area contributed by atoms with E-state index in [2.05, 4.69) is 0 Å². The highest BCUT2D eigenvalue weighted by atomic mass is 16.4. The average Bonchev–Trinajstić information content (AvgIpc) is 2.00. The van der Waals surface area contributed by atoms with Crippen molar-refractivity contribution in [2.75, 3.05) is 0 Å². The molecule has 0 fully saturated rings. The number of aliphatic carboxylic acids is 1. The molecule has 3 unspecified atom stereocenters.